The highest BCUT2D eigenvalue weighted by Gasteiger charge is 2.18. The lowest BCUT2D eigenvalue weighted by molar-refractivity contribution is -0.118. The summed E-state index contributed by atoms with van der Waals surface area (Å²) in [7, 11) is 0. The number of carbonyl (C=O) groups is 1. The van der Waals surface area contributed by atoms with Crippen LogP contribution in [-0.2, 0) is 11.3 Å². The third kappa shape index (κ3) is 6.34. The summed E-state index contributed by atoms with van der Waals surface area (Å²) in [5.41, 5.74) is 4.89. The molecule has 4 rings (SSSR count). The zero-order valence-corrected chi connectivity index (χ0v) is 20.1. The van der Waals surface area contributed by atoms with E-state index in [0.29, 0.717) is 33.3 Å². The molecule has 11 heteroatoms. The van der Waals surface area contributed by atoms with E-state index < -0.39 is 0 Å². The first-order chi connectivity index (χ1) is 16.6. The van der Waals surface area contributed by atoms with Crippen molar-refractivity contribution in [3.05, 3.63) is 94.5 Å². The Hall–Kier alpha value is -3.40. The molecular weight excluding hydrogens is 493 g/mol. The summed E-state index contributed by atoms with van der Waals surface area (Å²) in [6, 6.07) is 18.6. The Morgan fingerprint density at radius 1 is 1.09 bits per heavy atom. The quantitative estimate of drug-likeness (QED) is 0.190. The summed E-state index contributed by atoms with van der Waals surface area (Å²) in [5.74, 6) is 0.427. The van der Waals surface area contributed by atoms with Gasteiger partial charge in [-0.2, -0.15) is 5.10 Å². The van der Waals surface area contributed by atoms with Crippen molar-refractivity contribution in [1.29, 1.82) is 0 Å². The molecule has 0 fully saturated rings. The summed E-state index contributed by atoms with van der Waals surface area (Å²) in [4.78, 5) is 16.3. The van der Waals surface area contributed by atoms with Crippen LogP contribution in [0.4, 0.5) is 5.69 Å². The number of nitrogens with one attached hydrogen (secondary N) is 2. The van der Waals surface area contributed by atoms with Crippen molar-refractivity contribution in [3.63, 3.8) is 0 Å². The van der Waals surface area contributed by atoms with Crippen LogP contribution >= 0.6 is 35.0 Å². The molecule has 0 aliphatic heterocycles. The molecule has 0 saturated heterocycles. The van der Waals surface area contributed by atoms with E-state index in [-0.39, 0.29) is 11.7 Å². The molecule has 8 nitrogen and oxygen atoms in total. The van der Waals surface area contributed by atoms with Crippen LogP contribution in [0.3, 0.4) is 0 Å². The maximum absolute atomic E-state index is 12.3. The zero-order chi connectivity index (χ0) is 23.8. The van der Waals surface area contributed by atoms with Crippen LogP contribution in [0, 0.1) is 0 Å². The van der Waals surface area contributed by atoms with E-state index in [4.69, 9.17) is 23.2 Å². The number of carbonyl (C=O) groups excluding carboxylic acids is 1. The molecular formula is C23H19Cl2N7OS. The fourth-order valence-electron chi connectivity index (χ4n) is 2.94. The molecule has 2 aromatic carbocycles. The summed E-state index contributed by atoms with van der Waals surface area (Å²) in [5, 5.41) is 17.4. The van der Waals surface area contributed by atoms with Crippen molar-refractivity contribution in [2.75, 3.05) is 11.1 Å². The lowest BCUT2D eigenvalue weighted by Gasteiger charge is -2.13. The number of anilines is 1. The highest BCUT2D eigenvalue weighted by Crippen LogP contribution is 2.29. The number of thioether (sulfide) groups is 1. The van der Waals surface area contributed by atoms with E-state index in [1.54, 1.807) is 36.7 Å². The highest BCUT2D eigenvalue weighted by molar-refractivity contribution is 7.99. The molecule has 0 unspecified atom stereocenters. The van der Waals surface area contributed by atoms with Gasteiger partial charge in [0.05, 0.1) is 29.2 Å². The van der Waals surface area contributed by atoms with Crippen molar-refractivity contribution < 1.29 is 4.79 Å². The lowest BCUT2D eigenvalue weighted by Crippen LogP contribution is -2.20. The number of para-hydroxylation sites is 1. The maximum Gasteiger partial charge on any atom is 0.250 e. The first kappa shape index (κ1) is 23.7. The van der Waals surface area contributed by atoms with E-state index in [1.165, 1.54) is 18.0 Å². The van der Waals surface area contributed by atoms with Gasteiger partial charge < -0.3 is 5.32 Å². The van der Waals surface area contributed by atoms with E-state index in [0.717, 1.165) is 11.3 Å². The molecule has 2 aromatic heterocycles. The first-order valence-corrected chi connectivity index (χ1v) is 11.9. The average molecular weight is 512 g/mol. The van der Waals surface area contributed by atoms with Crippen LogP contribution in [0.2, 0.25) is 10.0 Å². The molecule has 4 aromatic rings. The molecule has 0 saturated carbocycles. The Morgan fingerprint density at radius 3 is 2.71 bits per heavy atom. The summed E-state index contributed by atoms with van der Waals surface area (Å²) < 4.78 is 1.81. The zero-order valence-electron chi connectivity index (χ0n) is 17.7. The van der Waals surface area contributed by atoms with Gasteiger partial charge in [-0.05, 0) is 36.4 Å². The largest absolute Gasteiger partial charge is 0.378 e. The van der Waals surface area contributed by atoms with Crippen LogP contribution < -0.4 is 10.7 Å². The number of hydrazone groups is 1. The Bertz CT molecular complexity index is 1280. The molecule has 2 N–H and O–H groups in total. The van der Waals surface area contributed by atoms with Crippen molar-refractivity contribution in [3.8, 4) is 5.69 Å². The van der Waals surface area contributed by atoms with Gasteiger partial charge in [-0.25, -0.2) is 5.43 Å². The first-order valence-electron chi connectivity index (χ1n) is 10.1. The summed E-state index contributed by atoms with van der Waals surface area (Å²) in [6.07, 6.45) is 4.84. The van der Waals surface area contributed by atoms with Gasteiger partial charge in [-0.15, -0.1) is 10.2 Å². The van der Waals surface area contributed by atoms with Crippen LogP contribution in [0.25, 0.3) is 5.69 Å². The highest BCUT2D eigenvalue weighted by atomic mass is 35.5. The lowest BCUT2D eigenvalue weighted by atomic mass is 10.3. The third-order valence-electron chi connectivity index (χ3n) is 4.50. The van der Waals surface area contributed by atoms with Crippen molar-refractivity contribution in [2.45, 2.75) is 11.7 Å². The van der Waals surface area contributed by atoms with Crippen molar-refractivity contribution in [2.24, 2.45) is 5.10 Å². The normalized spacial score (nSPS) is 11.0. The molecule has 0 radical (unpaired) electrons. The molecule has 172 valence electrons. The molecule has 2 heterocycles. The van der Waals surface area contributed by atoms with Gasteiger partial charge in [0.1, 0.15) is 0 Å². The number of nitrogens with zero attached hydrogens (tertiary/aromatic N) is 5. The van der Waals surface area contributed by atoms with Gasteiger partial charge in [0.25, 0.3) is 5.91 Å². The fraction of sp³-hybridized carbons (Fsp3) is 0.0870. The Morgan fingerprint density at radius 2 is 1.94 bits per heavy atom. The molecule has 0 aliphatic carbocycles. The van der Waals surface area contributed by atoms with Crippen molar-refractivity contribution >= 4 is 52.8 Å². The molecule has 1 amide bonds. The Balaban J connectivity index is 1.49. The van der Waals surface area contributed by atoms with E-state index >= 15 is 0 Å². The van der Waals surface area contributed by atoms with Crippen LogP contribution in [0.1, 0.15) is 11.4 Å². The smallest absolute Gasteiger partial charge is 0.250 e. The molecule has 0 atom stereocenters. The minimum atomic E-state index is -0.286. The van der Waals surface area contributed by atoms with Crippen LogP contribution in [0.15, 0.2) is 83.3 Å². The number of amides is 1. The standard InChI is InChI=1S/C23H19Cl2N7OS/c24-17-8-9-20(19(25)11-17)32-21(14-27-18-6-2-1-3-7-18)29-31-23(32)34-15-22(33)30-28-13-16-5-4-10-26-12-16/h1-13,27H,14-15H2,(H,30,33)/b28-13+. The number of pyridine rings is 1. The second-order valence-corrected chi connectivity index (χ2v) is 8.70. The number of halogens is 2. The van der Waals surface area contributed by atoms with E-state index in [1.807, 2.05) is 41.0 Å². The number of rotatable bonds is 9. The number of benzene rings is 2. The van der Waals surface area contributed by atoms with Crippen molar-refractivity contribution in [1.82, 2.24) is 25.2 Å². The Kier molecular flexibility index (Phi) is 8.13. The molecule has 34 heavy (non-hydrogen) atoms. The fourth-order valence-corrected chi connectivity index (χ4v) is 4.19. The Labute approximate surface area is 210 Å². The minimum absolute atomic E-state index is 0.0832. The van der Waals surface area contributed by atoms with Crippen LogP contribution in [-0.4, -0.2) is 37.6 Å². The number of hydrogen-bond acceptors (Lipinski definition) is 7. The van der Waals surface area contributed by atoms with Gasteiger partial charge in [0.2, 0.25) is 0 Å². The summed E-state index contributed by atoms with van der Waals surface area (Å²) in [6.45, 7) is 0.401. The average Bonchev–Trinajstić information content (AvgIpc) is 3.25. The minimum Gasteiger partial charge on any atom is -0.378 e. The van der Waals surface area contributed by atoms with Gasteiger partial charge in [-0.3, -0.25) is 14.3 Å². The van der Waals surface area contributed by atoms with E-state index in [2.05, 4.69) is 31.0 Å². The topological polar surface area (TPSA) is 97.1 Å². The van der Waals surface area contributed by atoms with Gasteiger partial charge in [0.15, 0.2) is 11.0 Å². The van der Waals surface area contributed by atoms with Gasteiger partial charge in [0, 0.05) is 28.7 Å². The number of hydrogen-bond donors (Lipinski definition) is 2. The second-order valence-electron chi connectivity index (χ2n) is 6.92. The maximum atomic E-state index is 12.3. The van der Waals surface area contributed by atoms with Gasteiger partial charge in [-0.1, -0.05) is 59.2 Å². The SMILES string of the molecule is O=C(CSc1nnc(CNc2ccccc2)n1-c1ccc(Cl)cc1Cl)N/N=C/c1cccnc1. The predicted molar refractivity (Wildman–Crippen MR) is 136 cm³/mol. The third-order valence-corrected chi connectivity index (χ3v) is 5.96. The molecule has 0 spiro atoms. The monoisotopic (exact) mass is 511 g/mol. The molecule has 0 aliphatic rings. The summed E-state index contributed by atoms with van der Waals surface area (Å²) >= 11 is 13.8. The van der Waals surface area contributed by atoms with Crippen LogP contribution in [0.5, 0.6) is 0 Å². The predicted octanol–water partition coefficient (Wildman–Crippen LogP) is 4.82. The second kappa shape index (κ2) is 11.6. The molecule has 0 bridgehead atoms. The van der Waals surface area contributed by atoms with E-state index in [9.17, 15) is 4.79 Å². The van der Waals surface area contributed by atoms with Gasteiger partial charge >= 0.3 is 0 Å². The number of aromatic nitrogens is 4.